The monoisotopic (exact) mass is 1390 g/mol. The number of aliphatic hydroxyl groups excluding tert-OH is 1. The van der Waals surface area contributed by atoms with Crippen LogP contribution in [-0.2, 0) is 65.4 Å². The van der Waals surface area contributed by atoms with Crippen molar-refractivity contribution in [2.24, 2.45) is 17.8 Å². The summed E-state index contributed by atoms with van der Waals surface area (Å²) in [5.41, 5.74) is 0. The average Bonchev–Trinajstić information content (AvgIpc) is 1.26. The zero-order valence-electron chi connectivity index (χ0n) is 61.6. The summed E-state index contributed by atoms with van der Waals surface area (Å²) in [6.45, 7) is 11.8. The quantitative estimate of drug-likeness (QED) is 0.0169. The molecule has 3 unspecified atom stereocenters. The second-order valence-corrected chi connectivity index (χ2v) is 30.8. The van der Waals surface area contributed by atoms with E-state index in [1.807, 2.05) is 0 Å². The van der Waals surface area contributed by atoms with Crippen LogP contribution in [0.15, 0.2) is 24.3 Å². The first-order valence-electron chi connectivity index (χ1n) is 38.7. The molecule has 0 heterocycles. The number of phosphoric ester groups is 2. The number of carbonyl (C=O) groups is 4. The molecule has 0 amide bonds. The van der Waals surface area contributed by atoms with Crippen LogP contribution in [0.25, 0.3) is 0 Å². The Labute approximate surface area is 580 Å². The average molecular weight is 1390 g/mol. The highest BCUT2D eigenvalue weighted by Crippen LogP contribution is 2.45. The molecule has 19 heteroatoms. The van der Waals surface area contributed by atoms with Crippen molar-refractivity contribution in [1.82, 2.24) is 0 Å². The van der Waals surface area contributed by atoms with Crippen LogP contribution in [0.1, 0.15) is 363 Å². The molecular weight excluding hydrogens is 1250 g/mol. The van der Waals surface area contributed by atoms with Crippen molar-refractivity contribution in [3.8, 4) is 0 Å². The Hall–Kier alpha value is -2.46. The van der Waals surface area contributed by atoms with E-state index in [0.29, 0.717) is 31.6 Å². The van der Waals surface area contributed by atoms with Gasteiger partial charge in [0, 0.05) is 25.7 Å². The minimum Gasteiger partial charge on any atom is -0.462 e. The van der Waals surface area contributed by atoms with Gasteiger partial charge in [0.1, 0.15) is 19.3 Å². The Morgan fingerprint density at radius 2 is 0.621 bits per heavy atom. The SMILES string of the molecule is CCCCCC/C=C\C=C/CCCCCCCC(=O)O[C@H](COC(=O)CCCCCCCCC(C)C)COP(=O)(O)OC[C@H](O)COP(=O)(O)OC[C@@H](COC(=O)CCCCCCCCCCC(C)CC)OC(=O)CCCCCCCCCCCCCCCCCCC(C)C. The van der Waals surface area contributed by atoms with Crippen molar-refractivity contribution >= 4 is 39.5 Å². The molecule has 0 aliphatic rings. The fourth-order valence-corrected chi connectivity index (χ4v) is 12.6. The maximum Gasteiger partial charge on any atom is 0.472 e. The van der Waals surface area contributed by atoms with Gasteiger partial charge in [-0.3, -0.25) is 37.3 Å². The number of hydrogen-bond acceptors (Lipinski definition) is 15. The highest BCUT2D eigenvalue weighted by Gasteiger charge is 2.30. The van der Waals surface area contributed by atoms with Gasteiger partial charge in [-0.15, -0.1) is 0 Å². The van der Waals surface area contributed by atoms with Gasteiger partial charge < -0.3 is 33.8 Å². The molecule has 0 aromatic rings. The molecule has 0 aromatic heterocycles. The van der Waals surface area contributed by atoms with E-state index in [1.54, 1.807) is 0 Å². The number of allylic oxidation sites excluding steroid dienone is 4. The van der Waals surface area contributed by atoms with Gasteiger partial charge in [0.05, 0.1) is 26.4 Å². The van der Waals surface area contributed by atoms with Gasteiger partial charge in [-0.2, -0.15) is 0 Å². The van der Waals surface area contributed by atoms with Gasteiger partial charge in [0.2, 0.25) is 0 Å². The number of unbranched alkanes of at least 4 members (excludes halogenated alkanes) is 36. The second kappa shape index (κ2) is 66.1. The number of ether oxygens (including phenoxy) is 4. The van der Waals surface area contributed by atoms with Crippen LogP contribution in [0.4, 0.5) is 0 Å². The third-order valence-corrected chi connectivity index (χ3v) is 19.3. The third kappa shape index (κ3) is 68.5. The molecule has 0 aliphatic heterocycles. The molecule has 0 bridgehead atoms. The molecule has 0 radical (unpaired) electrons. The minimum atomic E-state index is -4.96. The van der Waals surface area contributed by atoms with E-state index in [1.165, 1.54) is 154 Å². The van der Waals surface area contributed by atoms with E-state index >= 15 is 0 Å². The normalized spacial score (nSPS) is 14.5. The van der Waals surface area contributed by atoms with Crippen LogP contribution < -0.4 is 0 Å². The van der Waals surface area contributed by atoms with E-state index in [9.17, 15) is 43.2 Å². The van der Waals surface area contributed by atoms with E-state index in [0.717, 1.165) is 121 Å². The lowest BCUT2D eigenvalue weighted by Gasteiger charge is -2.21. The highest BCUT2D eigenvalue weighted by molar-refractivity contribution is 7.47. The summed E-state index contributed by atoms with van der Waals surface area (Å²) in [7, 11) is -9.92. The predicted octanol–water partition coefficient (Wildman–Crippen LogP) is 21.7. The molecular formula is C76H144O17P2. The van der Waals surface area contributed by atoms with Crippen molar-refractivity contribution in [3.63, 3.8) is 0 Å². The number of aliphatic hydroxyl groups is 1. The van der Waals surface area contributed by atoms with E-state index in [2.05, 4.69) is 72.8 Å². The summed E-state index contributed by atoms with van der Waals surface area (Å²) in [6.07, 6.45) is 55.1. The molecule has 95 heavy (non-hydrogen) atoms. The van der Waals surface area contributed by atoms with Crippen molar-refractivity contribution in [1.29, 1.82) is 0 Å². The van der Waals surface area contributed by atoms with Crippen molar-refractivity contribution < 1.29 is 80.2 Å². The number of hydrogen-bond donors (Lipinski definition) is 3. The summed E-state index contributed by atoms with van der Waals surface area (Å²) >= 11 is 0. The summed E-state index contributed by atoms with van der Waals surface area (Å²) in [4.78, 5) is 72.7. The van der Waals surface area contributed by atoms with Gasteiger partial charge in [-0.25, -0.2) is 9.13 Å². The highest BCUT2D eigenvalue weighted by atomic mass is 31.2. The lowest BCUT2D eigenvalue weighted by atomic mass is 9.99. The van der Waals surface area contributed by atoms with E-state index in [4.69, 9.17) is 37.0 Å². The predicted molar refractivity (Wildman–Crippen MR) is 386 cm³/mol. The first kappa shape index (κ1) is 92.5. The number of rotatable bonds is 72. The van der Waals surface area contributed by atoms with Crippen molar-refractivity contribution in [2.45, 2.75) is 381 Å². The topological polar surface area (TPSA) is 237 Å². The Kier molecular flexibility index (Phi) is 64.4. The molecule has 560 valence electrons. The Morgan fingerprint density at radius 1 is 0.347 bits per heavy atom. The Bertz CT molecular complexity index is 1950. The molecule has 3 N–H and O–H groups in total. The van der Waals surface area contributed by atoms with Crippen molar-refractivity contribution in [3.05, 3.63) is 24.3 Å². The Balaban J connectivity index is 5.25. The standard InChI is InChI=1S/C76H144O17P2/c1-8-10-11-12-13-14-15-16-19-23-26-29-36-45-52-60-76(81)93-72(64-87-74(79)58-51-44-39-38-41-48-55-68(5)6)66-91-95(84,85)89-62-70(77)61-88-94(82,83)90-65-71(63-86-73(78)57-50-43-35-32-31-34-42-49-56-69(7)9-2)92-75(80)59-53-46-37-30-27-24-21-18-17-20-22-25-28-33-40-47-54-67(3)4/h14-16,19,67-72,77H,8-13,17-18,20-66H2,1-7H3,(H,82,83)(H,84,85)/b15-14-,19-16-/t69?,70-,71-,72-/m1/s1. The summed E-state index contributed by atoms with van der Waals surface area (Å²) in [6, 6.07) is 0. The van der Waals surface area contributed by atoms with E-state index < -0.39 is 97.5 Å². The van der Waals surface area contributed by atoms with Crippen LogP contribution in [-0.4, -0.2) is 96.7 Å². The van der Waals surface area contributed by atoms with Crippen LogP contribution in [0, 0.1) is 17.8 Å². The summed E-state index contributed by atoms with van der Waals surface area (Å²) < 4.78 is 68.4. The maximum atomic E-state index is 13.1. The summed E-state index contributed by atoms with van der Waals surface area (Å²) in [5, 5.41) is 10.6. The van der Waals surface area contributed by atoms with Crippen LogP contribution in [0.2, 0.25) is 0 Å². The molecule has 0 fully saturated rings. The molecule has 0 spiro atoms. The zero-order valence-corrected chi connectivity index (χ0v) is 63.4. The fourth-order valence-electron chi connectivity index (χ4n) is 11.0. The van der Waals surface area contributed by atoms with Crippen molar-refractivity contribution in [2.75, 3.05) is 39.6 Å². The fraction of sp³-hybridized carbons (Fsp3) is 0.895. The van der Waals surface area contributed by atoms with Gasteiger partial charge in [-0.1, -0.05) is 310 Å². The number of phosphoric acid groups is 2. The lowest BCUT2D eigenvalue weighted by Crippen LogP contribution is -2.30. The second-order valence-electron chi connectivity index (χ2n) is 27.9. The molecule has 17 nitrogen and oxygen atoms in total. The zero-order chi connectivity index (χ0) is 70.1. The first-order valence-corrected chi connectivity index (χ1v) is 41.7. The molecule has 6 atom stereocenters. The summed E-state index contributed by atoms with van der Waals surface area (Å²) in [5.74, 6) is 0.108. The van der Waals surface area contributed by atoms with Gasteiger partial charge >= 0.3 is 39.5 Å². The lowest BCUT2D eigenvalue weighted by molar-refractivity contribution is -0.161. The third-order valence-electron chi connectivity index (χ3n) is 17.4. The van der Waals surface area contributed by atoms with Gasteiger partial charge in [0.15, 0.2) is 12.2 Å². The molecule has 0 saturated heterocycles. The smallest absolute Gasteiger partial charge is 0.462 e. The van der Waals surface area contributed by atoms with Crippen LogP contribution in [0.5, 0.6) is 0 Å². The number of esters is 4. The molecule has 0 saturated carbocycles. The van der Waals surface area contributed by atoms with Gasteiger partial charge in [-0.05, 0) is 69.1 Å². The molecule has 0 rings (SSSR count). The van der Waals surface area contributed by atoms with Crippen LogP contribution in [0.3, 0.4) is 0 Å². The first-order chi connectivity index (χ1) is 45.8. The minimum absolute atomic E-state index is 0.0837. The van der Waals surface area contributed by atoms with Crippen LogP contribution >= 0.6 is 15.6 Å². The Morgan fingerprint density at radius 3 is 0.937 bits per heavy atom. The van der Waals surface area contributed by atoms with Gasteiger partial charge in [0.25, 0.3) is 0 Å². The largest absolute Gasteiger partial charge is 0.472 e. The molecule has 0 aromatic carbocycles. The number of carbonyl (C=O) groups excluding carboxylic acids is 4. The van der Waals surface area contributed by atoms with E-state index in [-0.39, 0.29) is 25.7 Å². The maximum absolute atomic E-state index is 13.1. The molecule has 0 aliphatic carbocycles.